The Bertz CT molecular complexity index is 508. The quantitative estimate of drug-likeness (QED) is 0.355. The number of hydrogen-bond donors (Lipinski definition) is 0. The molecule has 1 aromatic carbocycles. The van der Waals surface area contributed by atoms with E-state index in [1.165, 1.54) is 37.3 Å². The second-order valence-corrected chi connectivity index (χ2v) is 9.58. The van der Waals surface area contributed by atoms with Gasteiger partial charge in [0.15, 0.2) is 0 Å². The monoisotopic (exact) mass is 305 g/mol. The zero-order valence-corrected chi connectivity index (χ0v) is 13.0. The lowest BCUT2D eigenvalue weighted by molar-refractivity contribution is 0.206. The maximum Gasteiger partial charge on any atom is 0.301 e. The lowest BCUT2D eigenvalue weighted by Crippen LogP contribution is -2.08. The maximum atomic E-state index is 13.7. The molecule has 1 aromatic rings. The zero-order chi connectivity index (χ0) is 14.5. The molecular weight excluding hydrogens is 288 g/mol. The van der Waals surface area contributed by atoms with Gasteiger partial charge in [0.25, 0.3) is 5.90 Å². The number of nitrogens with zero attached hydrogens (tertiary/aromatic N) is 1. The van der Waals surface area contributed by atoms with Crippen LogP contribution in [0.4, 0.5) is 4.39 Å². The molecule has 0 amide bonds. The molecule has 0 fully saturated rings. The van der Waals surface area contributed by atoms with Crippen LogP contribution in [0.3, 0.4) is 0 Å². The fourth-order valence-electron chi connectivity index (χ4n) is 1.39. The summed E-state index contributed by atoms with van der Waals surface area (Å²) in [6, 6.07) is 5.97. The molecular formula is C12H17FNO3PS. The van der Waals surface area contributed by atoms with Crippen LogP contribution in [0.2, 0.25) is 0 Å². The first kappa shape index (κ1) is 16.1. The van der Waals surface area contributed by atoms with Crippen LogP contribution < -0.4 is 0 Å². The normalized spacial score (nSPS) is 15.2. The van der Waals surface area contributed by atoms with E-state index in [0.717, 1.165) is 0 Å². The van der Waals surface area contributed by atoms with Crippen LogP contribution in [0.5, 0.6) is 0 Å². The van der Waals surface area contributed by atoms with E-state index in [1.807, 2.05) is 13.8 Å². The van der Waals surface area contributed by atoms with E-state index in [9.17, 15) is 8.96 Å². The van der Waals surface area contributed by atoms with Crippen molar-refractivity contribution in [3.63, 3.8) is 0 Å². The van der Waals surface area contributed by atoms with E-state index in [4.69, 9.17) is 4.52 Å². The number of hydrogen-bond acceptors (Lipinski definition) is 5. The molecule has 0 aliphatic rings. The van der Waals surface area contributed by atoms with Gasteiger partial charge in [0, 0.05) is 11.9 Å². The van der Waals surface area contributed by atoms with Crippen molar-refractivity contribution in [1.29, 1.82) is 0 Å². The van der Waals surface area contributed by atoms with Gasteiger partial charge in [0.1, 0.15) is 12.9 Å². The topological polar surface area (TPSA) is 47.9 Å². The van der Waals surface area contributed by atoms with Gasteiger partial charge in [-0.2, -0.15) is 0 Å². The first-order chi connectivity index (χ1) is 8.85. The highest BCUT2D eigenvalue weighted by Gasteiger charge is 2.25. The third-order valence-electron chi connectivity index (χ3n) is 1.93. The molecule has 1 unspecified atom stereocenters. The summed E-state index contributed by atoms with van der Waals surface area (Å²) in [5, 5.41) is 3.74. The molecule has 0 saturated heterocycles. The summed E-state index contributed by atoms with van der Waals surface area (Å²) < 4.78 is 31.3. The Hall–Kier alpha value is -1.00. The van der Waals surface area contributed by atoms with Gasteiger partial charge < -0.3 is 9.36 Å². The zero-order valence-electron chi connectivity index (χ0n) is 11.3. The van der Waals surface area contributed by atoms with Crippen molar-refractivity contribution in [1.82, 2.24) is 0 Å². The van der Waals surface area contributed by atoms with Crippen LogP contribution in [0, 0.1) is 5.82 Å². The van der Waals surface area contributed by atoms with Crippen molar-refractivity contribution in [2.24, 2.45) is 5.16 Å². The number of benzene rings is 1. The number of halogens is 1. The minimum Gasteiger partial charge on any atom is -0.414 e. The predicted octanol–water partition coefficient (Wildman–Crippen LogP) is 4.11. The van der Waals surface area contributed by atoms with Gasteiger partial charge in [0.2, 0.25) is 0 Å². The van der Waals surface area contributed by atoms with Crippen molar-refractivity contribution in [3.8, 4) is 0 Å². The molecule has 0 N–H and O–H groups in total. The highest BCUT2D eigenvalue weighted by atomic mass is 32.7. The van der Waals surface area contributed by atoms with Crippen LogP contribution >= 0.6 is 18.0 Å². The van der Waals surface area contributed by atoms with Crippen molar-refractivity contribution in [3.05, 3.63) is 35.6 Å². The predicted molar refractivity (Wildman–Crippen MR) is 77.3 cm³/mol. The molecule has 0 bridgehead atoms. The van der Waals surface area contributed by atoms with Crippen LogP contribution in [0.1, 0.15) is 19.4 Å². The molecule has 19 heavy (non-hydrogen) atoms. The van der Waals surface area contributed by atoms with Crippen LogP contribution in [-0.2, 0) is 13.9 Å². The summed E-state index contributed by atoms with van der Waals surface area (Å²) in [6.45, 7) is 2.30. The third-order valence-corrected chi connectivity index (χ3v) is 5.88. The SMILES string of the molecule is CON=C(OP(C)(=O)SC(C)C)c1ccccc1F. The van der Waals surface area contributed by atoms with E-state index in [2.05, 4.69) is 9.99 Å². The molecule has 4 nitrogen and oxygen atoms in total. The minimum atomic E-state index is -2.98. The summed E-state index contributed by atoms with van der Waals surface area (Å²) in [7, 11) is 1.32. The second-order valence-electron chi connectivity index (χ2n) is 4.08. The van der Waals surface area contributed by atoms with Gasteiger partial charge in [-0.1, -0.05) is 37.4 Å². The van der Waals surface area contributed by atoms with Crippen molar-refractivity contribution >= 4 is 23.9 Å². The Morgan fingerprint density at radius 3 is 2.58 bits per heavy atom. The molecule has 0 heterocycles. The average molecular weight is 305 g/mol. The molecule has 0 aromatic heterocycles. The van der Waals surface area contributed by atoms with Crippen LogP contribution in [0.25, 0.3) is 0 Å². The van der Waals surface area contributed by atoms with E-state index in [1.54, 1.807) is 12.1 Å². The Morgan fingerprint density at radius 2 is 2.05 bits per heavy atom. The smallest absolute Gasteiger partial charge is 0.301 e. The van der Waals surface area contributed by atoms with Gasteiger partial charge in [-0.05, 0) is 17.3 Å². The first-order valence-electron chi connectivity index (χ1n) is 5.67. The summed E-state index contributed by atoms with van der Waals surface area (Å²) in [6.07, 6.45) is 0. The van der Waals surface area contributed by atoms with Crippen LogP contribution in [-0.4, -0.2) is 24.9 Å². The third kappa shape index (κ3) is 5.25. The molecule has 0 saturated carbocycles. The molecule has 7 heteroatoms. The molecule has 0 aliphatic carbocycles. The average Bonchev–Trinajstić information content (AvgIpc) is 2.27. The van der Waals surface area contributed by atoms with Crippen LogP contribution in [0.15, 0.2) is 29.4 Å². The molecule has 1 rings (SSSR count). The van der Waals surface area contributed by atoms with Crippen molar-refractivity contribution in [2.45, 2.75) is 19.1 Å². The Balaban J connectivity index is 3.01. The summed E-state index contributed by atoms with van der Waals surface area (Å²) in [4.78, 5) is 4.63. The van der Waals surface area contributed by atoms with Crippen molar-refractivity contribution < 1.29 is 18.3 Å². The minimum absolute atomic E-state index is 0.111. The van der Waals surface area contributed by atoms with Gasteiger partial charge in [-0.25, -0.2) is 4.39 Å². The lowest BCUT2D eigenvalue weighted by atomic mass is 10.2. The molecule has 1 atom stereocenters. The molecule has 0 aliphatic heterocycles. The molecule has 0 spiro atoms. The number of rotatable bonds is 5. The second kappa shape index (κ2) is 6.96. The first-order valence-corrected chi connectivity index (χ1v) is 9.23. The van der Waals surface area contributed by atoms with E-state index < -0.39 is 12.4 Å². The summed E-state index contributed by atoms with van der Waals surface area (Å²) >= 11 is 1.19. The highest BCUT2D eigenvalue weighted by molar-refractivity contribution is 8.56. The van der Waals surface area contributed by atoms with Gasteiger partial charge in [-0.3, -0.25) is 4.57 Å². The van der Waals surface area contributed by atoms with Crippen molar-refractivity contribution in [2.75, 3.05) is 13.8 Å². The van der Waals surface area contributed by atoms with E-state index >= 15 is 0 Å². The Morgan fingerprint density at radius 1 is 1.42 bits per heavy atom. The van der Waals surface area contributed by atoms with Gasteiger partial charge >= 0.3 is 6.57 Å². The fraction of sp³-hybridized carbons (Fsp3) is 0.417. The maximum absolute atomic E-state index is 13.7. The number of oxime groups is 1. The van der Waals surface area contributed by atoms with E-state index in [-0.39, 0.29) is 16.7 Å². The molecule has 0 radical (unpaired) electrons. The summed E-state index contributed by atoms with van der Waals surface area (Å²) in [5.41, 5.74) is 0.121. The van der Waals surface area contributed by atoms with E-state index in [0.29, 0.717) is 0 Å². The van der Waals surface area contributed by atoms with Gasteiger partial charge in [0.05, 0.1) is 5.56 Å². The highest BCUT2D eigenvalue weighted by Crippen LogP contribution is 2.58. The molecule has 106 valence electrons. The lowest BCUT2D eigenvalue weighted by Gasteiger charge is -2.17. The fourth-order valence-corrected chi connectivity index (χ4v) is 5.29. The largest absolute Gasteiger partial charge is 0.414 e. The Labute approximate surface area is 116 Å². The van der Waals surface area contributed by atoms with Gasteiger partial charge in [-0.15, -0.1) is 0 Å². The summed E-state index contributed by atoms with van der Waals surface area (Å²) in [5.74, 6) is -0.618. The standard InChI is InChI=1S/C12H17FNO3PS/c1-9(2)19-18(4,15)17-12(14-16-3)10-7-5-6-8-11(10)13/h5-9H,1-4H3. The Kier molecular flexibility index (Phi) is 5.88.